The molecule has 3 atom stereocenters. The maximum atomic E-state index is 13.4. The maximum Gasteiger partial charge on any atom is 0.407 e. The Bertz CT molecular complexity index is 1090. The summed E-state index contributed by atoms with van der Waals surface area (Å²) in [6.45, 7) is 4.47. The van der Waals surface area contributed by atoms with Crippen LogP contribution in [0.3, 0.4) is 0 Å². The molecular formula is C25H33N3O7S. The third kappa shape index (κ3) is 7.82. The van der Waals surface area contributed by atoms with Crippen molar-refractivity contribution < 1.29 is 27.8 Å². The smallest absolute Gasteiger partial charge is 0.407 e. The number of hydrogen-bond donors (Lipinski definition) is 2. The van der Waals surface area contributed by atoms with Gasteiger partial charge in [-0.2, -0.15) is 4.31 Å². The van der Waals surface area contributed by atoms with Gasteiger partial charge in [0.15, 0.2) is 0 Å². The summed E-state index contributed by atoms with van der Waals surface area (Å²) in [6.07, 6.45) is -1.42. The van der Waals surface area contributed by atoms with Crippen molar-refractivity contribution in [2.45, 2.75) is 49.8 Å². The number of carbonyl (C=O) groups is 1. The van der Waals surface area contributed by atoms with Crippen molar-refractivity contribution in [2.24, 2.45) is 11.1 Å². The molecule has 196 valence electrons. The van der Waals surface area contributed by atoms with E-state index >= 15 is 0 Å². The Labute approximate surface area is 211 Å². The molecule has 1 amide bonds. The quantitative estimate of drug-likeness (QED) is 0.411. The Kier molecular flexibility index (Phi) is 9.94. The normalized spacial score (nSPS) is 17.6. The van der Waals surface area contributed by atoms with Crippen molar-refractivity contribution in [3.8, 4) is 0 Å². The number of rotatable bonds is 12. The molecule has 11 heteroatoms. The average molecular weight is 520 g/mol. The highest BCUT2D eigenvalue weighted by molar-refractivity contribution is 7.89. The number of sulfonamides is 1. The second-order valence-corrected chi connectivity index (χ2v) is 11.1. The predicted molar refractivity (Wildman–Crippen MR) is 134 cm³/mol. The van der Waals surface area contributed by atoms with Crippen molar-refractivity contribution in [3.63, 3.8) is 0 Å². The standard InChI is InChI=1S/C25H33N3O7S/c1-18(2)15-28(36(32,33)22-10-8-20(27-31)9-11-22)16-24(29)23(14-19-6-4-3-5-7-19)26-25(30)35-21-12-13-34-17-21/h3-11,18,21,23-24,29H,12-17H2,1-2H3,(H,26,30)/t21-,23-,24+/m0/s1. The lowest BCUT2D eigenvalue weighted by molar-refractivity contribution is 0.0644. The van der Waals surface area contributed by atoms with E-state index in [2.05, 4.69) is 10.5 Å². The second kappa shape index (κ2) is 12.9. The first kappa shape index (κ1) is 27.7. The summed E-state index contributed by atoms with van der Waals surface area (Å²) in [6, 6.07) is 13.7. The van der Waals surface area contributed by atoms with E-state index in [9.17, 15) is 23.2 Å². The van der Waals surface area contributed by atoms with E-state index in [1.807, 2.05) is 44.2 Å². The van der Waals surface area contributed by atoms with E-state index in [4.69, 9.17) is 9.47 Å². The molecule has 36 heavy (non-hydrogen) atoms. The molecule has 1 fully saturated rings. The SMILES string of the molecule is CC(C)CN(C[C@@H](O)[C@H](Cc1ccccc1)NC(=O)O[C@H]1CCOC1)S(=O)(=O)c1ccc(N=O)cc1. The van der Waals surface area contributed by atoms with Gasteiger partial charge in [-0.25, -0.2) is 13.2 Å². The fourth-order valence-corrected chi connectivity index (χ4v) is 5.56. The summed E-state index contributed by atoms with van der Waals surface area (Å²) in [5, 5.41) is 16.7. The Morgan fingerprint density at radius 3 is 2.44 bits per heavy atom. The first-order valence-corrected chi connectivity index (χ1v) is 13.3. The van der Waals surface area contributed by atoms with Crippen molar-refractivity contribution in [3.05, 3.63) is 65.1 Å². The Morgan fingerprint density at radius 1 is 1.17 bits per heavy atom. The van der Waals surface area contributed by atoms with Crippen LogP contribution in [0.4, 0.5) is 10.5 Å². The Hall–Kier alpha value is -2.86. The zero-order valence-electron chi connectivity index (χ0n) is 20.4. The summed E-state index contributed by atoms with van der Waals surface area (Å²) < 4.78 is 38.7. The summed E-state index contributed by atoms with van der Waals surface area (Å²) in [5.74, 6) is -0.0317. The number of carbonyl (C=O) groups excluding carboxylic acids is 1. The Balaban J connectivity index is 1.80. The number of nitroso groups, excluding NO2 is 1. The molecule has 0 radical (unpaired) electrons. The fourth-order valence-electron chi connectivity index (χ4n) is 3.94. The Morgan fingerprint density at radius 2 is 1.86 bits per heavy atom. The lowest BCUT2D eigenvalue weighted by Crippen LogP contribution is -2.51. The van der Waals surface area contributed by atoms with E-state index < -0.39 is 28.3 Å². The van der Waals surface area contributed by atoms with Crippen LogP contribution in [0.25, 0.3) is 0 Å². The molecule has 0 saturated carbocycles. The van der Waals surface area contributed by atoms with Crippen molar-refractivity contribution >= 4 is 21.8 Å². The third-order valence-electron chi connectivity index (χ3n) is 5.77. The lowest BCUT2D eigenvalue weighted by atomic mass is 10.0. The number of amides is 1. The summed E-state index contributed by atoms with van der Waals surface area (Å²) in [4.78, 5) is 23.3. The van der Waals surface area contributed by atoms with Crippen molar-refractivity contribution in [2.75, 3.05) is 26.3 Å². The van der Waals surface area contributed by atoms with Gasteiger partial charge in [0.05, 0.1) is 30.3 Å². The molecule has 10 nitrogen and oxygen atoms in total. The molecule has 2 aromatic carbocycles. The van der Waals surface area contributed by atoms with Gasteiger partial charge in [-0.3, -0.25) is 0 Å². The van der Waals surface area contributed by atoms with Crippen LogP contribution in [-0.2, 0) is 25.9 Å². The average Bonchev–Trinajstić information content (AvgIpc) is 3.36. The monoisotopic (exact) mass is 519 g/mol. The topological polar surface area (TPSA) is 135 Å². The number of nitrogens with zero attached hydrogens (tertiary/aromatic N) is 2. The number of benzene rings is 2. The van der Waals surface area contributed by atoms with Crippen LogP contribution in [0.5, 0.6) is 0 Å². The number of hydrogen-bond acceptors (Lipinski definition) is 8. The number of aliphatic hydroxyl groups is 1. The van der Waals surface area contributed by atoms with Crippen LogP contribution in [0, 0.1) is 10.8 Å². The second-order valence-electron chi connectivity index (χ2n) is 9.20. The van der Waals surface area contributed by atoms with Gasteiger partial charge in [0, 0.05) is 19.5 Å². The number of ether oxygens (including phenoxy) is 2. The van der Waals surface area contributed by atoms with Crippen LogP contribution in [-0.4, -0.2) is 68.5 Å². The number of alkyl carbamates (subject to hydrolysis) is 1. The molecule has 3 rings (SSSR count). The maximum absolute atomic E-state index is 13.4. The minimum Gasteiger partial charge on any atom is -0.444 e. The highest BCUT2D eigenvalue weighted by atomic mass is 32.2. The molecule has 0 bridgehead atoms. The number of aliphatic hydroxyl groups excluding tert-OH is 1. The van der Waals surface area contributed by atoms with Gasteiger partial charge >= 0.3 is 6.09 Å². The minimum atomic E-state index is -4.00. The van der Waals surface area contributed by atoms with E-state index in [-0.39, 0.29) is 42.1 Å². The van der Waals surface area contributed by atoms with Gasteiger partial charge in [0.25, 0.3) is 0 Å². The highest BCUT2D eigenvalue weighted by Gasteiger charge is 2.32. The first-order chi connectivity index (χ1) is 17.2. The molecular weight excluding hydrogens is 486 g/mol. The first-order valence-electron chi connectivity index (χ1n) is 11.9. The van der Waals surface area contributed by atoms with Crippen LogP contribution in [0.2, 0.25) is 0 Å². The predicted octanol–water partition coefficient (Wildman–Crippen LogP) is 3.22. The van der Waals surface area contributed by atoms with Crippen LogP contribution >= 0.6 is 0 Å². The molecule has 1 saturated heterocycles. The number of nitrogens with one attached hydrogen (secondary N) is 1. The molecule has 2 aromatic rings. The van der Waals surface area contributed by atoms with Gasteiger partial charge in [0.1, 0.15) is 11.8 Å². The molecule has 0 spiro atoms. The third-order valence-corrected chi connectivity index (χ3v) is 7.61. The highest BCUT2D eigenvalue weighted by Crippen LogP contribution is 2.22. The molecule has 0 aromatic heterocycles. The largest absolute Gasteiger partial charge is 0.444 e. The fraction of sp³-hybridized carbons (Fsp3) is 0.480. The summed E-state index contributed by atoms with van der Waals surface area (Å²) in [5.41, 5.74) is 0.976. The van der Waals surface area contributed by atoms with E-state index in [0.717, 1.165) is 5.56 Å². The van der Waals surface area contributed by atoms with Crippen molar-refractivity contribution in [1.29, 1.82) is 0 Å². The van der Waals surface area contributed by atoms with Gasteiger partial charge in [-0.1, -0.05) is 44.2 Å². The van der Waals surface area contributed by atoms with E-state index in [0.29, 0.717) is 19.6 Å². The minimum absolute atomic E-state index is 0.0176. The van der Waals surface area contributed by atoms with E-state index in [1.54, 1.807) is 0 Å². The zero-order valence-corrected chi connectivity index (χ0v) is 21.3. The van der Waals surface area contributed by atoms with Crippen LogP contribution in [0.15, 0.2) is 64.7 Å². The summed E-state index contributed by atoms with van der Waals surface area (Å²) in [7, 11) is -4.00. The molecule has 0 unspecified atom stereocenters. The van der Waals surface area contributed by atoms with Crippen molar-refractivity contribution in [1.82, 2.24) is 9.62 Å². The van der Waals surface area contributed by atoms with Gasteiger partial charge < -0.3 is 19.9 Å². The molecule has 1 aliphatic rings. The van der Waals surface area contributed by atoms with E-state index in [1.165, 1.54) is 28.6 Å². The van der Waals surface area contributed by atoms with Gasteiger partial charge in [0.2, 0.25) is 10.0 Å². The molecule has 2 N–H and O–H groups in total. The lowest BCUT2D eigenvalue weighted by Gasteiger charge is -2.30. The van der Waals surface area contributed by atoms with Gasteiger partial charge in [-0.15, -0.1) is 4.91 Å². The molecule has 1 aliphatic heterocycles. The summed E-state index contributed by atoms with van der Waals surface area (Å²) >= 11 is 0. The molecule has 1 heterocycles. The zero-order chi connectivity index (χ0) is 26.1. The van der Waals surface area contributed by atoms with Gasteiger partial charge in [-0.05, 0) is 47.3 Å². The molecule has 0 aliphatic carbocycles. The van der Waals surface area contributed by atoms with Crippen LogP contribution < -0.4 is 5.32 Å². The van der Waals surface area contributed by atoms with Crippen LogP contribution in [0.1, 0.15) is 25.8 Å².